The molecular weight excluding hydrogens is 459 g/mol. The van der Waals surface area contributed by atoms with Crippen molar-refractivity contribution in [3.63, 3.8) is 0 Å². The van der Waals surface area contributed by atoms with Gasteiger partial charge >= 0.3 is 6.18 Å². The van der Waals surface area contributed by atoms with Crippen molar-refractivity contribution in [3.8, 4) is 16.3 Å². The molecule has 0 atom stereocenters. The maximum absolute atomic E-state index is 13.0. The maximum Gasteiger partial charge on any atom is 0.416 e. The molecule has 0 aliphatic carbocycles. The number of ether oxygens (including phenoxy) is 1. The van der Waals surface area contributed by atoms with E-state index >= 15 is 0 Å². The lowest BCUT2D eigenvalue weighted by atomic mass is 10.0. The Hall–Kier alpha value is -2.67. The van der Waals surface area contributed by atoms with Gasteiger partial charge in [0.25, 0.3) is 0 Å². The van der Waals surface area contributed by atoms with Crippen molar-refractivity contribution >= 4 is 17.1 Å². The minimum Gasteiger partial charge on any atom is -0.488 e. The molecule has 0 N–H and O–H groups in total. The molecule has 0 spiro atoms. The number of aryl methyl sites for hydroxylation is 2. The van der Waals surface area contributed by atoms with Crippen LogP contribution in [0.4, 0.5) is 13.2 Å². The number of aromatic nitrogens is 1. The van der Waals surface area contributed by atoms with Crippen molar-refractivity contribution in [2.75, 3.05) is 0 Å². The van der Waals surface area contributed by atoms with E-state index < -0.39 is 11.7 Å². The van der Waals surface area contributed by atoms with Crippen LogP contribution in [0.5, 0.6) is 5.75 Å². The number of rotatable bonds is 7. The molecule has 0 saturated carbocycles. The Morgan fingerprint density at radius 1 is 1.06 bits per heavy atom. The van der Waals surface area contributed by atoms with Gasteiger partial charge in [0.05, 0.1) is 11.3 Å². The fraction of sp³-hybridized carbons (Fsp3) is 0.407. The van der Waals surface area contributed by atoms with E-state index in [-0.39, 0.29) is 17.3 Å². The number of alkyl halides is 3. The summed E-state index contributed by atoms with van der Waals surface area (Å²) in [5, 5.41) is 0.663. The molecule has 0 saturated heterocycles. The molecule has 3 rings (SSSR count). The van der Waals surface area contributed by atoms with Gasteiger partial charge in [0.15, 0.2) is 5.78 Å². The van der Waals surface area contributed by atoms with E-state index in [0.29, 0.717) is 34.7 Å². The van der Waals surface area contributed by atoms with E-state index in [1.165, 1.54) is 23.5 Å². The highest BCUT2D eigenvalue weighted by molar-refractivity contribution is 7.15. The molecular formula is C27H30F3NO2S. The molecule has 2 aromatic carbocycles. The highest BCUT2D eigenvalue weighted by atomic mass is 32.1. The Labute approximate surface area is 203 Å². The number of nitrogens with zero attached hydrogens (tertiary/aromatic N) is 1. The van der Waals surface area contributed by atoms with Crippen LogP contribution < -0.4 is 4.74 Å². The van der Waals surface area contributed by atoms with Crippen molar-refractivity contribution < 1.29 is 22.7 Å². The van der Waals surface area contributed by atoms with Crippen LogP contribution in [0, 0.1) is 6.92 Å². The zero-order chi connectivity index (χ0) is 25.3. The van der Waals surface area contributed by atoms with Crippen LogP contribution in [0.1, 0.15) is 79.0 Å². The van der Waals surface area contributed by atoms with Crippen molar-refractivity contribution in [1.29, 1.82) is 0 Å². The molecule has 0 bridgehead atoms. The fourth-order valence-electron chi connectivity index (χ4n) is 3.50. The van der Waals surface area contributed by atoms with E-state index in [0.717, 1.165) is 28.3 Å². The first-order valence-corrected chi connectivity index (χ1v) is 12.1. The molecule has 0 aliphatic heterocycles. The van der Waals surface area contributed by atoms with Crippen molar-refractivity contribution in [2.24, 2.45) is 0 Å². The summed E-state index contributed by atoms with van der Waals surface area (Å²) in [7, 11) is 0. The molecule has 0 fully saturated rings. The Bertz CT molecular complexity index is 1160. The van der Waals surface area contributed by atoms with Crippen molar-refractivity contribution in [1.82, 2.24) is 4.98 Å². The highest BCUT2D eigenvalue weighted by Crippen LogP contribution is 2.35. The number of thiazole rings is 1. The molecule has 0 amide bonds. The SMILES string of the molecule is Cc1ccc(C(=O)CCc2sc(-c3ccc(C(F)(F)F)cc3)nc2C(C)C)cc1OC(C)(C)C. The number of halogens is 3. The van der Waals surface area contributed by atoms with Gasteiger partial charge in [0.2, 0.25) is 0 Å². The summed E-state index contributed by atoms with van der Waals surface area (Å²) in [5.74, 6) is 0.845. The summed E-state index contributed by atoms with van der Waals surface area (Å²) in [5.41, 5.74) is 2.04. The molecule has 182 valence electrons. The fourth-order valence-corrected chi connectivity index (χ4v) is 4.73. The zero-order valence-corrected chi connectivity index (χ0v) is 21.2. The molecule has 34 heavy (non-hydrogen) atoms. The van der Waals surface area contributed by atoms with Crippen LogP contribution in [0.2, 0.25) is 0 Å². The zero-order valence-electron chi connectivity index (χ0n) is 20.3. The van der Waals surface area contributed by atoms with Crippen LogP contribution >= 0.6 is 11.3 Å². The van der Waals surface area contributed by atoms with Gasteiger partial charge in [-0.2, -0.15) is 13.2 Å². The molecule has 3 nitrogen and oxygen atoms in total. The summed E-state index contributed by atoms with van der Waals surface area (Å²) in [6.45, 7) is 11.9. The smallest absolute Gasteiger partial charge is 0.416 e. The number of ketones is 1. The van der Waals surface area contributed by atoms with Crippen LogP contribution in [0.3, 0.4) is 0 Å². The maximum atomic E-state index is 13.0. The van der Waals surface area contributed by atoms with Gasteiger partial charge in [-0.15, -0.1) is 11.3 Å². The monoisotopic (exact) mass is 489 g/mol. The lowest BCUT2D eigenvalue weighted by Crippen LogP contribution is -2.23. The normalized spacial score (nSPS) is 12.3. The molecule has 3 aromatic rings. The second-order valence-corrected chi connectivity index (χ2v) is 10.8. The van der Waals surface area contributed by atoms with E-state index in [2.05, 4.69) is 0 Å². The third-order valence-corrected chi connectivity index (χ3v) is 6.42. The van der Waals surface area contributed by atoms with Crippen LogP contribution in [0.15, 0.2) is 42.5 Å². The van der Waals surface area contributed by atoms with Crippen molar-refractivity contribution in [3.05, 3.63) is 69.7 Å². The average molecular weight is 490 g/mol. The number of benzene rings is 2. The van der Waals surface area contributed by atoms with Gasteiger partial charge in [0, 0.05) is 22.4 Å². The number of carbonyl (C=O) groups is 1. The summed E-state index contributed by atoms with van der Waals surface area (Å²) >= 11 is 1.44. The van der Waals surface area contributed by atoms with Gasteiger partial charge in [-0.1, -0.05) is 38.1 Å². The van der Waals surface area contributed by atoms with Gasteiger partial charge in [-0.3, -0.25) is 4.79 Å². The Morgan fingerprint density at radius 3 is 2.26 bits per heavy atom. The Balaban J connectivity index is 1.79. The minimum absolute atomic E-state index is 0.0120. The van der Waals surface area contributed by atoms with Gasteiger partial charge in [0.1, 0.15) is 16.4 Å². The topological polar surface area (TPSA) is 39.2 Å². The molecule has 7 heteroatoms. The third kappa shape index (κ3) is 6.47. The number of hydrogen-bond donors (Lipinski definition) is 0. The largest absolute Gasteiger partial charge is 0.488 e. The average Bonchev–Trinajstić information content (AvgIpc) is 3.17. The van der Waals surface area contributed by atoms with Crippen LogP contribution in [-0.2, 0) is 12.6 Å². The first-order valence-electron chi connectivity index (χ1n) is 11.2. The van der Waals surface area contributed by atoms with Gasteiger partial charge in [-0.25, -0.2) is 4.98 Å². The Morgan fingerprint density at radius 2 is 1.71 bits per heavy atom. The van der Waals surface area contributed by atoms with E-state index in [1.54, 1.807) is 6.07 Å². The van der Waals surface area contributed by atoms with Gasteiger partial charge in [-0.05, 0) is 63.8 Å². The van der Waals surface area contributed by atoms with E-state index in [1.807, 2.05) is 53.7 Å². The minimum atomic E-state index is -4.37. The van der Waals surface area contributed by atoms with Crippen LogP contribution in [-0.4, -0.2) is 16.4 Å². The summed E-state index contributed by atoms with van der Waals surface area (Å²) in [6, 6.07) is 10.5. The standard InChI is InChI=1S/C27H30F3NO2S/c1-16(2)24-23(34-25(31-24)18-9-11-20(12-10-18)27(28,29)30)14-13-21(32)19-8-7-17(3)22(15-19)33-26(4,5)6/h7-12,15-16H,13-14H2,1-6H3. The summed E-state index contributed by atoms with van der Waals surface area (Å²) in [4.78, 5) is 18.6. The second-order valence-electron chi connectivity index (χ2n) is 9.68. The molecule has 0 aliphatic rings. The lowest BCUT2D eigenvalue weighted by molar-refractivity contribution is -0.137. The van der Waals surface area contributed by atoms with E-state index in [9.17, 15) is 18.0 Å². The molecule has 0 unspecified atom stereocenters. The predicted molar refractivity (Wildman–Crippen MR) is 131 cm³/mol. The lowest BCUT2D eigenvalue weighted by Gasteiger charge is -2.23. The molecule has 1 aromatic heterocycles. The van der Waals surface area contributed by atoms with Gasteiger partial charge < -0.3 is 4.74 Å². The number of hydrogen-bond acceptors (Lipinski definition) is 4. The Kier molecular flexibility index (Phi) is 7.56. The predicted octanol–water partition coefficient (Wildman–Crippen LogP) is 8.25. The first kappa shape index (κ1) is 25.9. The number of Topliss-reactive ketones (excluding diaryl/α,β-unsaturated/α-hetero) is 1. The summed E-state index contributed by atoms with van der Waals surface area (Å²) in [6.07, 6.45) is -3.54. The summed E-state index contributed by atoms with van der Waals surface area (Å²) < 4.78 is 44.6. The third-order valence-electron chi connectivity index (χ3n) is 5.24. The molecule has 0 radical (unpaired) electrons. The highest BCUT2D eigenvalue weighted by Gasteiger charge is 2.30. The van der Waals surface area contributed by atoms with Crippen molar-refractivity contribution in [2.45, 2.75) is 72.1 Å². The van der Waals surface area contributed by atoms with E-state index in [4.69, 9.17) is 9.72 Å². The second kappa shape index (κ2) is 9.90. The number of carbonyl (C=O) groups excluding carboxylic acids is 1. The first-order chi connectivity index (χ1) is 15.7. The van der Waals surface area contributed by atoms with Crippen LogP contribution in [0.25, 0.3) is 10.6 Å². The molecule has 1 heterocycles. The quantitative estimate of drug-likeness (QED) is 0.314.